The molecule has 0 saturated heterocycles. The van der Waals surface area contributed by atoms with Crippen LogP contribution < -0.4 is 10.9 Å². The quantitative estimate of drug-likeness (QED) is 0.337. The van der Waals surface area contributed by atoms with Gasteiger partial charge < -0.3 is 30.2 Å². The van der Waals surface area contributed by atoms with Gasteiger partial charge in [0, 0.05) is 56.4 Å². The Kier molecular flexibility index (Phi) is 7.04. The molecule has 0 unspecified atom stereocenters. The van der Waals surface area contributed by atoms with Gasteiger partial charge >= 0.3 is 11.8 Å². The summed E-state index contributed by atoms with van der Waals surface area (Å²) in [7, 11) is 1.80. The molecule has 3 aromatic rings. The molecule has 1 aliphatic heterocycles. The van der Waals surface area contributed by atoms with E-state index in [1.54, 1.807) is 43.3 Å². The average Bonchev–Trinajstić information content (AvgIpc) is 3.36. The number of fused-ring (bicyclic) bond motifs is 1. The number of amides is 1. The molecule has 2 aliphatic rings. The summed E-state index contributed by atoms with van der Waals surface area (Å²) in [6.07, 6.45) is 7.01. The van der Waals surface area contributed by atoms with Gasteiger partial charge in [-0.1, -0.05) is 11.5 Å². The molecule has 9 nitrogen and oxygen atoms in total. The molecule has 3 heterocycles. The Balaban J connectivity index is 1.46. The molecule has 1 atom stereocenters. The Labute approximate surface area is 228 Å². The molecule has 40 heavy (non-hydrogen) atoms. The van der Waals surface area contributed by atoms with E-state index in [1.165, 1.54) is 24.5 Å². The van der Waals surface area contributed by atoms with Crippen molar-refractivity contribution in [2.45, 2.75) is 25.9 Å². The largest absolute Gasteiger partial charge is 0.386 e. The number of hydrogen-bond acceptors (Lipinski definition) is 6. The highest BCUT2D eigenvalue weighted by atomic mass is 19.3. The monoisotopic (exact) mass is 546 g/mol. The number of rotatable bonds is 7. The topological polar surface area (TPSA) is 117 Å². The molecule has 0 fully saturated rings. The summed E-state index contributed by atoms with van der Waals surface area (Å²) in [5, 5.41) is 13.7. The maximum Gasteiger partial charge on any atom is 0.350 e. The van der Waals surface area contributed by atoms with Gasteiger partial charge in [-0.3, -0.25) is 9.59 Å². The Morgan fingerprint density at radius 1 is 1.27 bits per heavy atom. The SMILES string of the molecule is CC1=CC([C@@H](O)CNc2cc[nH]c(=O)c2-c2nc3c(C)cc(C(F)(F)C(=O)N4C=CN(C)CC4)cc3[nH]2)=C=C=C1. The number of imidazole rings is 1. The van der Waals surface area contributed by atoms with E-state index >= 15 is 8.78 Å². The van der Waals surface area contributed by atoms with Crippen LogP contribution in [0.3, 0.4) is 0 Å². The van der Waals surface area contributed by atoms with Gasteiger partial charge in [0.25, 0.3) is 5.56 Å². The Bertz CT molecular complexity index is 1720. The average molecular weight is 547 g/mol. The minimum absolute atomic E-state index is 0.0721. The van der Waals surface area contributed by atoms with Gasteiger partial charge in [-0.15, -0.1) is 0 Å². The van der Waals surface area contributed by atoms with Crippen molar-refractivity contribution in [2.75, 3.05) is 32.0 Å². The van der Waals surface area contributed by atoms with Crippen LogP contribution in [0.4, 0.5) is 14.5 Å². The molecule has 0 saturated carbocycles. The van der Waals surface area contributed by atoms with Gasteiger partial charge in [-0.05, 0) is 55.3 Å². The molecular weight excluding hydrogens is 518 g/mol. The van der Waals surface area contributed by atoms with Crippen LogP contribution in [-0.4, -0.2) is 68.6 Å². The Morgan fingerprint density at radius 3 is 2.80 bits per heavy atom. The van der Waals surface area contributed by atoms with Crippen molar-refractivity contribution in [2.24, 2.45) is 0 Å². The lowest BCUT2D eigenvalue weighted by molar-refractivity contribution is -0.156. The number of aliphatic hydroxyl groups is 1. The van der Waals surface area contributed by atoms with E-state index in [-0.39, 0.29) is 30.0 Å². The number of aryl methyl sites for hydroxylation is 1. The molecule has 1 aromatic carbocycles. The van der Waals surface area contributed by atoms with Crippen molar-refractivity contribution in [3.05, 3.63) is 93.0 Å². The molecule has 4 N–H and O–H groups in total. The summed E-state index contributed by atoms with van der Waals surface area (Å²) < 4.78 is 30.7. The van der Waals surface area contributed by atoms with Crippen LogP contribution >= 0.6 is 0 Å². The van der Waals surface area contributed by atoms with Crippen molar-refractivity contribution in [3.8, 4) is 11.4 Å². The molecule has 0 spiro atoms. The summed E-state index contributed by atoms with van der Waals surface area (Å²) in [4.78, 5) is 38.5. The summed E-state index contributed by atoms with van der Waals surface area (Å²) in [5.74, 6) is -4.94. The Hall–Kier alpha value is -4.69. The standard InChI is InChI=1S/C29H28F2N6O3/c1-17-5-4-6-19(13-17)23(38)16-33-21-7-8-32-27(39)24(21)26-34-22-15-20(14-18(2)25(22)35-26)29(30,31)28(40)37-11-9-36(3)10-12-37/h5,7-9,11,13-15,23,38H,10,12,16H2,1-3H3,(H,34,35)(H2,32,33,39)/t23-/m0/s1. The lowest BCUT2D eigenvalue weighted by Gasteiger charge is -2.30. The second kappa shape index (κ2) is 10.5. The van der Waals surface area contributed by atoms with Crippen molar-refractivity contribution in [1.29, 1.82) is 0 Å². The smallest absolute Gasteiger partial charge is 0.350 e. The van der Waals surface area contributed by atoms with Gasteiger partial charge in [0.15, 0.2) is 0 Å². The maximum atomic E-state index is 15.4. The zero-order valence-electron chi connectivity index (χ0n) is 22.2. The van der Waals surface area contributed by atoms with Gasteiger partial charge in [-0.2, -0.15) is 8.78 Å². The van der Waals surface area contributed by atoms with Crippen LogP contribution in [0, 0.1) is 6.92 Å². The normalized spacial score (nSPS) is 15.8. The second-order valence-electron chi connectivity index (χ2n) is 9.88. The third-order valence-electron chi connectivity index (χ3n) is 6.81. The van der Waals surface area contributed by atoms with E-state index in [4.69, 9.17) is 0 Å². The molecule has 0 radical (unpaired) electrons. The van der Waals surface area contributed by atoms with E-state index in [9.17, 15) is 14.7 Å². The number of aliphatic hydroxyl groups excluding tert-OH is 1. The van der Waals surface area contributed by atoms with Crippen LogP contribution in [0.25, 0.3) is 22.4 Å². The number of carbonyl (C=O) groups is 1. The molecule has 2 aromatic heterocycles. The number of H-pyrrole nitrogens is 2. The number of halogens is 2. The highest BCUT2D eigenvalue weighted by molar-refractivity contribution is 5.90. The number of carbonyl (C=O) groups excluding carboxylic acids is 1. The van der Waals surface area contributed by atoms with E-state index in [2.05, 4.69) is 31.7 Å². The third kappa shape index (κ3) is 5.13. The van der Waals surface area contributed by atoms with Crippen molar-refractivity contribution in [1.82, 2.24) is 24.8 Å². The van der Waals surface area contributed by atoms with Gasteiger partial charge in [0.2, 0.25) is 0 Å². The van der Waals surface area contributed by atoms with Crippen LogP contribution in [0.1, 0.15) is 18.1 Å². The number of alkyl halides is 2. The maximum absolute atomic E-state index is 15.4. The Morgan fingerprint density at radius 2 is 2.08 bits per heavy atom. The van der Waals surface area contributed by atoms with Crippen LogP contribution in [0.15, 0.2) is 76.4 Å². The summed E-state index contributed by atoms with van der Waals surface area (Å²) in [6, 6.07) is 4.05. The fourth-order valence-corrected chi connectivity index (χ4v) is 4.59. The number of allylic oxidation sites excluding steroid dienone is 2. The number of hydrogen-bond donors (Lipinski definition) is 4. The number of aromatic nitrogens is 3. The summed E-state index contributed by atoms with van der Waals surface area (Å²) in [6.45, 7) is 4.17. The predicted octanol–water partition coefficient (Wildman–Crippen LogP) is 3.53. The van der Waals surface area contributed by atoms with Crippen molar-refractivity contribution in [3.63, 3.8) is 0 Å². The lowest BCUT2D eigenvalue weighted by atomic mass is 10.0. The summed E-state index contributed by atoms with van der Waals surface area (Å²) >= 11 is 0. The number of anilines is 1. The number of nitrogens with one attached hydrogen (secondary N) is 3. The van der Waals surface area contributed by atoms with Gasteiger partial charge in [0.05, 0.1) is 16.7 Å². The van der Waals surface area contributed by atoms with E-state index in [0.29, 0.717) is 28.9 Å². The van der Waals surface area contributed by atoms with Gasteiger partial charge in [-0.25, -0.2) is 4.98 Å². The zero-order valence-corrected chi connectivity index (χ0v) is 22.2. The fourth-order valence-electron chi connectivity index (χ4n) is 4.59. The molecular formula is C29H28F2N6O3. The fraction of sp³-hybridized carbons (Fsp3) is 0.276. The first-order valence-electron chi connectivity index (χ1n) is 12.7. The molecule has 11 heteroatoms. The van der Waals surface area contributed by atoms with E-state index in [0.717, 1.165) is 10.5 Å². The van der Waals surface area contributed by atoms with Crippen molar-refractivity contribution >= 4 is 22.6 Å². The summed E-state index contributed by atoms with van der Waals surface area (Å²) in [5.41, 5.74) is 7.87. The van der Waals surface area contributed by atoms with E-state index in [1.807, 2.05) is 6.92 Å². The zero-order chi connectivity index (χ0) is 28.6. The highest BCUT2D eigenvalue weighted by Crippen LogP contribution is 2.35. The van der Waals surface area contributed by atoms with Crippen molar-refractivity contribution < 1.29 is 18.7 Å². The van der Waals surface area contributed by atoms with E-state index < -0.39 is 29.1 Å². The van der Waals surface area contributed by atoms with Gasteiger partial charge in [0.1, 0.15) is 17.5 Å². The van der Waals surface area contributed by atoms with Crippen LogP contribution in [0.5, 0.6) is 0 Å². The second-order valence-corrected chi connectivity index (χ2v) is 9.88. The first kappa shape index (κ1) is 26.9. The number of aromatic amines is 2. The van der Waals surface area contributed by atoms with Crippen LogP contribution in [-0.2, 0) is 10.7 Å². The first-order valence-corrected chi connectivity index (χ1v) is 12.7. The molecule has 0 bridgehead atoms. The number of nitrogens with zero attached hydrogens (tertiary/aromatic N) is 3. The van der Waals surface area contributed by atoms with Crippen LogP contribution in [0.2, 0.25) is 0 Å². The minimum atomic E-state index is -3.78. The molecule has 1 aliphatic carbocycles. The number of likely N-dealkylation sites (N-methyl/N-ethyl adjacent to an activating group) is 1. The third-order valence-corrected chi connectivity index (χ3v) is 6.81. The lowest BCUT2D eigenvalue weighted by Crippen LogP contribution is -2.43. The minimum Gasteiger partial charge on any atom is -0.386 e. The number of pyridine rings is 1. The molecule has 5 rings (SSSR count). The molecule has 1 amide bonds. The number of benzene rings is 1. The highest BCUT2D eigenvalue weighted by Gasteiger charge is 2.44. The molecule has 206 valence electrons. The predicted molar refractivity (Wildman–Crippen MR) is 148 cm³/mol. The first-order chi connectivity index (χ1) is 19.0.